The van der Waals surface area contributed by atoms with Gasteiger partial charge >= 0.3 is 0 Å². The Balaban J connectivity index is 2.31. The molecule has 1 atom stereocenters. The van der Waals surface area contributed by atoms with Crippen LogP contribution in [0.5, 0.6) is 5.75 Å². The summed E-state index contributed by atoms with van der Waals surface area (Å²) in [7, 11) is 2.03. The largest absolute Gasteiger partial charge is 0.493 e. The lowest BCUT2D eigenvalue weighted by atomic mass is 10.1. The lowest BCUT2D eigenvalue weighted by Gasteiger charge is -2.14. The van der Waals surface area contributed by atoms with Crippen LogP contribution in [0, 0.1) is 13.8 Å². The zero-order valence-electron chi connectivity index (χ0n) is 11.5. The smallest absolute Gasteiger partial charge is 0.122 e. The summed E-state index contributed by atoms with van der Waals surface area (Å²) in [5, 5.41) is 3.31. The Hall–Kier alpha value is -1.02. The molecule has 0 aliphatic heterocycles. The number of ether oxygens (including phenoxy) is 1. The van der Waals surface area contributed by atoms with Crippen molar-refractivity contribution in [2.45, 2.75) is 46.1 Å². The van der Waals surface area contributed by atoms with Gasteiger partial charge in [0.1, 0.15) is 5.75 Å². The molecule has 2 nitrogen and oxygen atoms in total. The summed E-state index contributed by atoms with van der Waals surface area (Å²) in [5.74, 6) is 1.02. The van der Waals surface area contributed by atoms with E-state index in [2.05, 4.69) is 44.3 Å². The topological polar surface area (TPSA) is 21.3 Å². The van der Waals surface area contributed by atoms with Gasteiger partial charge in [-0.15, -0.1) is 0 Å². The van der Waals surface area contributed by atoms with E-state index in [0.29, 0.717) is 6.04 Å². The van der Waals surface area contributed by atoms with Crippen LogP contribution >= 0.6 is 0 Å². The first-order chi connectivity index (χ1) is 8.17. The SMILES string of the molecule is CCC(CCCOc1ccc(C)cc1C)NC. The Labute approximate surface area is 105 Å². The molecular weight excluding hydrogens is 210 g/mol. The van der Waals surface area contributed by atoms with Crippen molar-refractivity contribution in [1.82, 2.24) is 5.32 Å². The Kier molecular flexibility index (Phi) is 6.06. The first-order valence-electron chi connectivity index (χ1n) is 6.54. The average Bonchev–Trinajstić information content (AvgIpc) is 2.32. The van der Waals surface area contributed by atoms with Gasteiger partial charge in [0.25, 0.3) is 0 Å². The highest BCUT2D eigenvalue weighted by atomic mass is 16.5. The highest BCUT2D eigenvalue weighted by Gasteiger charge is 2.03. The van der Waals surface area contributed by atoms with E-state index in [-0.39, 0.29) is 0 Å². The van der Waals surface area contributed by atoms with Crippen LogP contribution in [0.25, 0.3) is 0 Å². The maximum Gasteiger partial charge on any atom is 0.122 e. The molecule has 0 aliphatic carbocycles. The molecule has 0 saturated carbocycles. The molecule has 0 heterocycles. The van der Waals surface area contributed by atoms with Crippen molar-refractivity contribution in [1.29, 1.82) is 0 Å². The number of benzene rings is 1. The molecule has 0 saturated heterocycles. The molecule has 1 aromatic rings. The van der Waals surface area contributed by atoms with Crippen molar-refractivity contribution in [3.05, 3.63) is 29.3 Å². The molecule has 0 aliphatic rings. The average molecular weight is 235 g/mol. The standard InChI is InChI=1S/C15H25NO/c1-5-14(16-4)7-6-10-17-15-9-8-12(2)11-13(15)3/h8-9,11,14,16H,5-7,10H2,1-4H3. The van der Waals surface area contributed by atoms with Gasteiger partial charge in [-0.25, -0.2) is 0 Å². The number of nitrogens with one attached hydrogen (secondary N) is 1. The van der Waals surface area contributed by atoms with Gasteiger partial charge in [-0.3, -0.25) is 0 Å². The van der Waals surface area contributed by atoms with Gasteiger partial charge in [0.2, 0.25) is 0 Å². The van der Waals surface area contributed by atoms with Crippen LogP contribution in [-0.2, 0) is 0 Å². The third kappa shape index (κ3) is 4.78. The quantitative estimate of drug-likeness (QED) is 0.731. The number of hydrogen-bond acceptors (Lipinski definition) is 2. The fourth-order valence-electron chi connectivity index (χ4n) is 2.03. The first-order valence-corrected chi connectivity index (χ1v) is 6.54. The van der Waals surface area contributed by atoms with Gasteiger partial charge in [-0.05, 0) is 51.8 Å². The van der Waals surface area contributed by atoms with Crippen molar-refractivity contribution in [2.75, 3.05) is 13.7 Å². The van der Waals surface area contributed by atoms with Crippen LogP contribution in [0.3, 0.4) is 0 Å². The fourth-order valence-corrected chi connectivity index (χ4v) is 2.03. The summed E-state index contributed by atoms with van der Waals surface area (Å²) in [6, 6.07) is 6.96. The molecule has 17 heavy (non-hydrogen) atoms. The second-order valence-corrected chi connectivity index (χ2v) is 4.65. The summed E-state index contributed by atoms with van der Waals surface area (Å²) in [4.78, 5) is 0. The normalized spacial score (nSPS) is 12.5. The fraction of sp³-hybridized carbons (Fsp3) is 0.600. The van der Waals surface area contributed by atoms with Gasteiger partial charge in [0, 0.05) is 6.04 Å². The van der Waals surface area contributed by atoms with Gasteiger partial charge in [-0.1, -0.05) is 24.6 Å². The molecule has 96 valence electrons. The molecule has 0 aromatic heterocycles. The van der Waals surface area contributed by atoms with Gasteiger partial charge in [0.15, 0.2) is 0 Å². The predicted octanol–water partition coefficient (Wildman–Crippen LogP) is 3.46. The Morgan fingerprint density at radius 1 is 1.29 bits per heavy atom. The van der Waals surface area contributed by atoms with Crippen LogP contribution in [-0.4, -0.2) is 19.7 Å². The molecule has 2 heteroatoms. The number of aryl methyl sites for hydroxylation is 2. The third-order valence-corrected chi connectivity index (χ3v) is 3.19. The minimum atomic E-state index is 0.623. The van der Waals surface area contributed by atoms with Crippen LogP contribution in [0.2, 0.25) is 0 Å². The summed E-state index contributed by atoms with van der Waals surface area (Å²) in [6.07, 6.45) is 3.46. The van der Waals surface area contributed by atoms with Crippen molar-refractivity contribution in [3.8, 4) is 5.75 Å². The van der Waals surface area contributed by atoms with Crippen molar-refractivity contribution in [3.63, 3.8) is 0 Å². The van der Waals surface area contributed by atoms with E-state index in [4.69, 9.17) is 4.74 Å². The molecule has 0 amide bonds. The van der Waals surface area contributed by atoms with Crippen LogP contribution in [0.1, 0.15) is 37.3 Å². The van der Waals surface area contributed by atoms with Crippen molar-refractivity contribution >= 4 is 0 Å². The molecule has 0 bridgehead atoms. The highest BCUT2D eigenvalue weighted by molar-refractivity contribution is 5.35. The lowest BCUT2D eigenvalue weighted by molar-refractivity contribution is 0.294. The van der Waals surface area contributed by atoms with E-state index in [1.165, 1.54) is 24.0 Å². The molecule has 1 rings (SSSR count). The molecule has 0 spiro atoms. The summed E-state index contributed by atoms with van der Waals surface area (Å²) < 4.78 is 5.80. The molecule has 0 fully saturated rings. The minimum absolute atomic E-state index is 0.623. The zero-order chi connectivity index (χ0) is 12.7. The van der Waals surface area contributed by atoms with Crippen molar-refractivity contribution in [2.24, 2.45) is 0 Å². The molecule has 1 aromatic carbocycles. The Morgan fingerprint density at radius 2 is 2.06 bits per heavy atom. The van der Waals surface area contributed by atoms with E-state index >= 15 is 0 Å². The molecule has 1 N–H and O–H groups in total. The van der Waals surface area contributed by atoms with Gasteiger partial charge < -0.3 is 10.1 Å². The van der Waals surface area contributed by atoms with Crippen LogP contribution in [0.4, 0.5) is 0 Å². The van der Waals surface area contributed by atoms with E-state index in [1.54, 1.807) is 0 Å². The summed E-state index contributed by atoms with van der Waals surface area (Å²) >= 11 is 0. The van der Waals surface area contributed by atoms with Crippen LogP contribution < -0.4 is 10.1 Å². The van der Waals surface area contributed by atoms with Crippen LogP contribution in [0.15, 0.2) is 18.2 Å². The monoisotopic (exact) mass is 235 g/mol. The number of rotatable bonds is 7. The second kappa shape index (κ2) is 7.33. The maximum absolute atomic E-state index is 5.80. The predicted molar refractivity (Wildman–Crippen MR) is 73.8 cm³/mol. The summed E-state index contributed by atoms with van der Waals surface area (Å²) in [6.45, 7) is 7.23. The van der Waals surface area contributed by atoms with Gasteiger partial charge in [-0.2, -0.15) is 0 Å². The Bertz CT molecular complexity index is 332. The van der Waals surface area contributed by atoms with E-state index in [0.717, 1.165) is 18.8 Å². The van der Waals surface area contributed by atoms with E-state index < -0.39 is 0 Å². The van der Waals surface area contributed by atoms with Gasteiger partial charge in [0.05, 0.1) is 6.61 Å². The zero-order valence-corrected chi connectivity index (χ0v) is 11.5. The van der Waals surface area contributed by atoms with E-state index in [1.807, 2.05) is 7.05 Å². The molecule has 0 radical (unpaired) electrons. The third-order valence-electron chi connectivity index (χ3n) is 3.19. The first kappa shape index (κ1) is 14.0. The second-order valence-electron chi connectivity index (χ2n) is 4.65. The lowest BCUT2D eigenvalue weighted by Crippen LogP contribution is -2.24. The molecular formula is C15H25NO. The summed E-state index contributed by atoms with van der Waals surface area (Å²) in [5.41, 5.74) is 2.52. The van der Waals surface area contributed by atoms with Crippen molar-refractivity contribution < 1.29 is 4.74 Å². The van der Waals surface area contributed by atoms with E-state index in [9.17, 15) is 0 Å². The molecule has 1 unspecified atom stereocenters. The maximum atomic E-state index is 5.80. The minimum Gasteiger partial charge on any atom is -0.493 e. The number of hydrogen-bond donors (Lipinski definition) is 1. The highest BCUT2D eigenvalue weighted by Crippen LogP contribution is 2.19. The Morgan fingerprint density at radius 3 is 2.65 bits per heavy atom.